The molecule has 0 radical (unpaired) electrons. The maximum atomic E-state index is 12.5. The maximum absolute atomic E-state index is 12.5. The van der Waals surface area contributed by atoms with Crippen LogP contribution in [0.3, 0.4) is 0 Å². The Kier molecular flexibility index (Phi) is 4.64. The minimum atomic E-state index is -3.60. The molecule has 5 nitrogen and oxygen atoms in total. The minimum Gasteiger partial charge on any atom is -0.280 e. The second-order valence-electron chi connectivity index (χ2n) is 5.70. The highest BCUT2D eigenvalue weighted by Gasteiger charge is 2.14. The number of hydrogen-bond acceptors (Lipinski definition) is 5. The van der Waals surface area contributed by atoms with Gasteiger partial charge in [0.1, 0.15) is 5.69 Å². The van der Waals surface area contributed by atoms with Crippen molar-refractivity contribution in [1.29, 1.82) is 0 Å². The summed E-state index contributed by atoms with van der Waals surface area (Å²) in [5, 5.41) is 5.83. The van der Waals surface area contributed by atoms with Gasteiger partial charge in [0, 0.05) is 16.6 Å². The van der Waals surface area contributed by atoms with E-state index in [0.29, 0.717) is 11.6 Å². The van der Waals surface area contributed by atoms with Gasteiger partial charge in [-0.15, -0.1) is 5.10 Å². The lowest BCUT2D eigenvalue weighted by Gasteiger charge is -2.10. The highest BCUT2D eigenvalue weighted by Crippen LogP contribution is 2.23. The molecule has 0 bridgehead atoms. The molecule has 0 saturated heterocycles. The van der Waals surface area contributed by atoms with Gasteiger partial charge in [-0.05, 0) is 47.3 Å². The lowest BCUT2D eigenvalue weighted by atomic mass is 10.0. The van der Waals surface area contributed by atoms with Crippen LogP contribution in [-0.4, -0.2) is 18.0 Å². The Bertz CT molecular complexity index is 901. The monoisotopic (exact) mass is 359 g/mol. The first-order valence-electron chi connectivity index (χ1n) is 7.46. The summed E-state index contributed by atoms with van der Waals surface area (Å²) in [7, 11) is -3.60. The van der Waals surface area contributed by atoms with Crippen LogP contribution >= 0.6 is 11.5 Å². The smallest absolute Gasteiger partial charge is 0.261 e. The first-order chi connectivity index (χ1) is 11.5. The van der Waals surface area contributed by atoms with Crippen LogP contribution < -0.4 is 4.72 Å². The van der Waals surface area contributed by atoms with Crippen molar-refractivity contribution in [1.82, 2.24) is 9.59 Å². The zero-order valence-corrected chi connectivity index (χ0v) is 14.9. The maximum Gasteiger partial charge on any atom is 0.261 e. The van der Waals surface area contributed by atoms with Gasteiger partial charge in [-0.2, -0.15) is 0 Å². The summed E-state index contributed by atoms with van der Waals surface area (Å²) in [5.74, 6) is 0.363. The molecule has 1 N–H and O–H groups in total. The van der Waals surface area contributed by atoms with Crippen molar-refractivity contribution in [2.45, 2.75) is 24.7 Å². The summed E-state index contributed by atoms with van der Waals surface area (Å²) in [5.41, 5.74) is 3.29. The van der Waals surface area contributed by atoms with Crippen molar-refractivity contribution in [2.24, 2.45) is 0 Å². The summed E-state index contributed by atoms with van der Waals surface area (Å²) in [6.07, 6.45) is 0. The molecule has 3 rings (SSSR count). The van der Waals surface area contributed by atoms with Gasteiger partial charge in [-0.25, -0.2) is 8.42 Å². The summed E-state index contributed by atoms with van der Waals surface area (Å²) >= 11 is 1.28. The Hall–Kier alpha value is -2.25. The van der Waals surface area contributed by atoms with E-state index in [0.717, 1.165) is 16.8 Å². The summed E-state index contributed by atoms with van der Waals surface area (Å²) in [6, 6.07) is 14.0. The Morgan fingerprint density at radius 3 is 2.21 bits per heavy atom. The van der Waals surface area contributed by atoms with Crippen LogP contribution in [0.2, 0.25) is 0 Å². The Morgan fingerprint density at radius 2 is 1.67 bits per heavy atom. The summed E-state index contributed by atoms with van der Waals surface area (Å²) < 4.78 is 31.3. The molecular formula is C17H17N3O2S2. The minimum absolute atomic E-state index is 0.250. The third-order valence-electron chi connectivity index (χ3n) is 3.65. The molecule has 0 aliphatic carbocycles. The molecule has 0 atom stereocenters. The normalized spacial score (nSPS) is 11.6. The van der Waals surface area contributed by atoms with Crippen molar-refractivity contribution in [2.75, 3.05) is 4.72 Å². The number of rotatable bonds is 5. The fraction of sp³-hybridized carbons (Fsp3) is 0.176. The first kappa shape index (κ1) is 16.6. The molecule has 24 heavy (non-hydrogen) atoms. The molecule has 124 valence electrons. The number of nitrogens with zero attached hydrogens (tertiary/aromatic N) is 2. The zero-order chi connectivity index (χ0) is 17.2. The molecule has 7 heteroatoms. The van der Waals surface area contributed by atoms with Crippen molar-refractivity contribution >= 4 is 27.2 Å². The number of sulfonamides is 1. The van der Waals surface area contributed by atoms with Gasteiger partial charge >= 0.3 is 0 Å². The van der Waals surface area contributed by atoms with Crippen LogP contribution in [0, 0.1) is 0 Å². The van der Waals surface area contributed by atoms with Gasteiger partial charge in [0.05, 0.1) is 4.90 Å². The van der Waals surface area contributed by atoms with E-state index in [2.05, 4.69) is 28.2 Å². The topological polar surface area (TPSA) is 72.0 Å². The molecule has 1 heterocycles. The van der Waals surface area contributed by atoms with Crippen molar-refractivity contribution < 1.29 is 8.42 Å². The van der Waals surface area contributed by atoms with Crippen LogP contribution in [0.5, 0.6) is 0 Å². The predicted molar refractivity (Wildman–Crippen MR) is 96.7 cm³/mol. The lowest BCUT2D eigenvalue weighted by molar-refractivity contribution is 0.601. The summed E-state index contributed by atoms with van der Waals surface area (Å²) in [4.78, 5) is 0.250. The number of hydrogen-bond donors (Lipinski definition) is 1. The van der Waals surface area contributed by atoms with E-state index in [1.165, 1.54) is 11.5 Å². The number of benzene rings is 2. The van der Waals surface area contributed by atoms with E-state index >= 15 is 0 Å². The van der Waals surface area contributed by atoms with Crippen LogP contribution in [-0.2, 0) is 10.0 Å². The van der Waals surface area contributed by atoms with E-state index in [-0.39, 0.29) is 4.90 Å². The van der Waals surface area contributed by atoms with E-state index in [4.69, 9.17) is 0 Å². The average molecular weight is 359 g/mol. The molecule has 0 aliphatic rings. The van der Waals surface area contributed by atoms with Crippen LogP contribution in [0.15, 0.2) is 58.8 Å². The van der Waals surface area contributed by atoms with E-state index in [1.807, 2.05) is 29.6 Å². The van der Waals surface area contributed by atoms with Crippen LogP contribution in [0.4, 0.5) is 5.69 Å². The largest absolute Gasteiger partial charge is 0.280 e. The third kappa shape index (κ3) is 3.63. The van der Waals surface area contributed by atoms with Gasteiger partial charge in [0.15, 0.2) is 0 Å². The van der Waals surface area contributed by atoms with Crippen LogP contribution in [0.1, 0.15) is 25.3 Å². The Balaban J connectivity index is 1.79. The second kappa shape index (κ2) is 6.70. The van der Waals surface area contributed by atoms with Crippen LogP contribution in [0.25, 0.3) is 11.3 Å². The quantitative estimate of drug-likeness (QED) is 0.743. The van der Waals surface area contributed by atoms with E-state index in [1.54, 1.807) is 24.3 Å². The fourth-order valence-electron chi connectivity index (χ4n) is 2.25. The number of anilines is 1. The molecule has 0 saturated carbocycles. The van der Waals surface area contributed by atoms with Gasteiger partial charge in [0.2, 0.25) is 0 Å². The lowest BCUT2D eigenvalue weighted by Crippen LogP contribution is -2.12. The molecule has 0 unspecified atom stereocenters. The molecule has 2 aromatic carbocycles. The standard InChI is InChI=1S/C17H17N3O2S2/c1-12(2)13-5-9-16(10-6-13)24(21,22)19-15-7-3-14(4-8-15)17-11-23-20-18-17/h3-12,19H,1-2H3. The molecule has 0 spiro atoms. The average Bonchev–Trinajstić information content (AvgIpc) is 3.10. The van der Waals surface area contributed by atoms with Crippen molar-refractivity contribution in [3.05, 3.63) is 59.5 Å². The van der Waals surface area contributed by atoms with Crippen molar-refractivity contribution in [3.8, 4) is 11.3 Å². The highest BCUT2D eigenvalue weighted by molar-refractivity contribution is 7.92. The third-order valence-corrected chi connectivity index (χ3v) is 5.55. The molecule has 3 aromatic rings. The fourth-order valence-corrected chi connectivity index (χ4v) is 3.77. The van der Waals surface area contributed by atoms with Gasteiger partial charge < -0.3 is 0 Å². The molecule has 0 aliphatic heterocycles. The second-order valence-corrected chi connectivity index (χ2v) is 7.99. The summed E-state index contributed by atoms with van der Waals surface area (Å²) in [6.45, 7) is 4.14. The van der Waals surface area contributed by atoms with Crippen molar-refractivity contribution in [3.63, 3.8) is 0 Å². The molecule has 0 amide bonds. The van der Waals surface area contributed by atoms with E-state index in [9.17, 15) is 8.42 Å². The zero-order valence-electron chi connectivity index (χ0n) is 13.3. The molecular weight excluding hydrogens is 342 g/mol. The predicted octanol–water partition coefficient (Wildman–Crippen LogP) is 4.13. The Labute approximate surface area is 145 Å². The van der Waals surface area contributed by atoms with Gasteiger partial charge in [-0.3, -0.25) is 4.72 Å². The Morgan fingerprint density at radius 1 is 1.00 bits per heavy atom. The first-order valence-corrected chi connectivity index (χ1v) is 9.78. The number of nitrogens with one attached hydrogen (secondary N) is 1. The van der Waals surface area contributed by atoms with Gasteiger partial charge in [0.25, 0.3) is 10.0 Å². The molecule has 0 fully saturated rings. The number of aromatic nitrogens is 2. The van der Waals surface area contributed by atoms with E-state index < -0.39 is 10.0 Å². The molecule has 1 aromatic heterocycles. The SMILES string of the molecule is CC(C)c1ccc(S(=O)(=O)Nc2ccc(-c3csnn3)cc2)cc1. The van der Waals surface area contributed by atoms with Gasteiger partial charge in [-0.1, -0.05) is 42.6 Å². The highest BCUT2D eigenvalue weighted by atomic mass is 32.2.